The standard InChI is InChI=1S/C14H28N2O2S/c1-13-3-9-16(10-4-13)8-2-7-15-14-5-11-19(17,18)12-6-14/h13-15H,2-12H2,1H3. The van der Waals surface area contributed by atoms with Crippen LogP contribution in [0.3, 0.4) is 0 Å². The summed E-state index contributed by atoms with van der Waals surface area (Å²) < 4.78 is 22.6. The van der Waals surface area contributed by atoms with Crippen molar-refractivity contribution in [3.8, 4) is 0 Å². The molecule has 0 saturated carbocycles. The molecule has 4 nitrogen and oxygen atoms in total. The maximum atomic E-state index is 11.3. The van der Waals surface area contributed by atoms with Gasteiger partial charge in [-0.1, -0.05) is 6.92 Å². The molecule has 0 bridgehead atoms. The topological polar surface area (TPSA) is 49.4 Å². The Morgan fingerprint density at radius 1 is 1.11 bits per heavy atom. The minimum Gasteiger partial charge on any atom is -0.314 e. The van der Waals surface area contributed by atoms with Gasteiger partial charge in [-0.2, -0.15) is 0 Å². The quantitative estimate of drug-likeness (QED) is 0.774. The van der Waals surface area contributed by atoms with Crippen LogP contribution in [0.1, 0.15) is 39.0 Å². The summed E-state index contributed by atoms with van der Waals surface area (Å²) in [6.45, 7) is 7.06. The Morgan fingerprint density at radius 3 is 2.37 bits per heavy atom. The van der Waals surface area contributed by atoms with Crippen molar-refractivity contribution >= 4 is 9.84 Å². The van der Waals surface area contributed by atoms with Crippen LogP contribution >= 0.6 is 0 Å². The molecule has 0 aromatic heterocycles. The summed E-state index contributed by atoms with van der Waals surface area (Å²) >= 11 is 0. The van der Waals surface area contributed by atoms with E-state index in [9.17, 15) is 8.42 Å². The average molecular weight is 288 g/mol. The molecular formula is C14H28N2O2S. The Kier molecular flexibility index (Phi) is 5.66. The van der Waals surface area contributed by atoms with Crippen molar-refractivity contribution in [1.29, 1.82) is 0 Å². The molecule has 0 amide bonds. The fourth-order valence-corrected chi connectivity index (χ4v) is 4.48. The summed E-state index contributed by atoms with van der Waals surface area (Å²) in [5.74, 6) is 1.64. The summed E-state index contributed by atoms with van der Waals surface area (Å²) in [4.78, 5) is 2.56. The molecule has 0 unspecified atom stereocenters. The van der Waals surface area contributed by atoms with E-state index in [2.05, 4.69) is 17.1 Å². The predicted molar refractivity (Wildman–Crippen MR) is 79.1 cm³/mol. The summed E-state index contributed by atoms with van der Waals surface area (Å²) in [5, 5.41) is 3.52. The molecule has 2 rings (SSSR count). The number of rotatable bonds is 5. The Balaban J connectivity index is 1.53. The van der Waals surface area contributed by atoms with Crippen molar-refractivity contribution in [1.82, 2.24) is 10.2 Å². The molecule has 0 aromatic carbocycles. The van der Waals surface area contributed by atoms with E-state index in [-0.39, 0.29) is 0 Å². The van der Waals surface area contributed by atoms with Gasteiger partial charge in [-0.05, 0) is 64.2 Å². The van der Waals surface area contributed by atoms with Gasteiger partial charge in [0.1, 0.15) is 9.84 Å². The van der Waals surface area contributed by atoms with Gasteiger partial charge in [-0.15, -0.1) is 0 Å². The van der Waals surface area contributed by atoms with Crippen molar-refractivity contribution in [2.45, 2.75) is 45.1 Å². The highest BCUT2D eigenvalue weighted by Gasteiger charge is 2.23. The predicted octanol–water partition coefficient (Wildman–Crippen LogP) is 1.28. The molecule has 0 aliphatic carbocycles. The first-order valence-corrected chi connectivity index (χ1v) is 9.53. The van der Waals surface area contributed by atoms with Crippen LogP contribution in [0, 0.1) is 5.92 Å². The van der Waals surface area contributed by atoms with Crippen molar-refractivity contribution in [2.75, 3.05) is 37.7 Å². The van der Waals surface area contributed by atoms with Crippen LogP contribution in [0.2, 0.25) is 0 Å². The van der Waals surface area contributed by atoms with Gasteiger partial charge in [0.15, 0.2) is 0 Å². The second-order valence-electron chi connectivity index (χ2n) is 6.26. The van der Waals surface area contributed by atoms with Crippen molar-refractivity contribution in [2.24, 2.45) is 5.92 Å². The number of nitrogens with zero attached hydrogens (tertiary/aromatic N) is 1. The number of piperidine rings is 1. The molecule has 0 radical (unpaired) electrons. The second kappa shape index (κ2) is 7.04. The molecule has 0 spiro atoms. The molecule has 19 heavy (non-hydrogen) atoms. The number of hydrogen-bond donors (Lipinski definition) is 1. The SMILES string of the molecule is CC1CCN(CCCNC2CCS(=O)(=O)CC2)CC1. The maximum absolute atomic E-state index is 11.3. The van der Waals surface area contributed by atoms with Crippen molar-refractivity contribution < 1.29 is 8.42 Å². The third kappa shape index (κ3) is 5.40. The molecule has 2 saturated heterocycles. The zero-order valence-electron chi connectivity index (χ0n) is 12.1. The first-order chi connectivity index (χ1) is 9.05. The van der Waals surface area contributed by atoms with Crippen LogP contribution in [-0.2, 0) is 9.84 Å². The molecule has 0 atom stereocenters. The Hall–Kier alpha value is -0.130. The highest BCUT2D eigenvalue weighted by molar-refractivity contribution is 7.91. The molecule has 1 N–H and O–H groups in total. The van der Waals surface area contributed by atoms with Gasteiger partial charge in [0.05, 0.1) is 11.5 Å². The van der Waals surface area contributed by atoms with Gasteiger partial charge in [-0.25, -0.2) is 8.42 Å². The minimum atomic E-state index is -2.72. The fourth-order valence-electron chi connectivity index (χ4n) is 2.99. The molecule has 112 valence electrons. The number of likely N-dealkylation sites (tertiary alicyclic amines) is 1. The lowest BCUT2D eigenvalue weighted by molar-refractivity contribution is 0.189. The first-order valence-electron chi connectivity index (χ1n) is 7.71. The zero-order valence-corrected chi connectivity index (χ0v) is 12.9. The van der Waals surface area contributed by atoms with E-state index in [4.69, 9.17) is 0 Å². The normalized spacial score (nSPS) is 26.6. The van der Waals surface area contributed by atoms with Gasteiger partial charge < -0.3 is 10.2 Å². The molecular weight excluding hydrogens is 260 g/mol. The number of hydrogen-bond acceptors (Lipinski definition) is 4. The zero-order chi connectivity index (χ0) is 13.7. The summed E-state index contributed by atoms with van der Waals surface area (Å²) in [5.41, 5.74) is 0. The van der Waals surface area contributed by atoms with E-state index < -0.39 is 9.84 Å². The van der Waals surface area contributed by atoms with Gasteiger partial charge >= 0.3 is 0 Å². The van der Waals surface area contributed by atoms with Gasteiger partial charge in [-0.3, -0.25) is 0 Å². The summed E-state index contributed by atoms with van der Waals surface area (Å²) in [6.07, 6.45) is 5.45. The van der Waals surface area contributed by atoms with Crippen LogP contribution < -0.4 is 5.32 Å². The largest absolute Gasteiger partial charge is 0.314 e. The van der Waals surface area contributed by atoms with Crippen molar-refractivity contribution in [3.05, 3.63) is 0 Å². The van der Waals surface area contributed by atoms with Crippen LogP contribution in [0.15, 0.2) is 0 Å². The van der Waals surface area contributed by atoms with E-state index in [0.717, 1.165) is 25.3 Å². The van der Waals surface area contributed by atoms with Gasteiger partial charge in [0.2, 0.25) is 0 Å². The Bertz CT molecular complexity index is 348. The maximum Gasteiger partial charge on any atom is 0.150 e. The van der Waals surface area contributed by atoms with Crippen LogP contribution in [0.5, 0.6) is 0 Å². The summed E-state index contributed by atoms with van der Waals surface area (Å²) in [6, 6.07) is 0.421. The molecule has 5 heteroatoms. The third-order valence-corrected chi connectivity index (χ3v) is 6.23. The fraction of sp³-hybridized carbons (Fsp3) is 1.00. The molecule has 2 aliphatic heterocycles. The summed E-state index contributed by atoms with van der Waals surface area (Å²) in [7, 11) is -2.72. The van der Waals surface area contributed by atoms with Gasteiger partial charge in [0, 0.05) is 6.04 Å². The molecule has 2 fully saturated rings. The Morgan fingerprint density at radius 2 is 1.74 bits per heavy atom. The van der Waals surface area contributed by atoms with E-state index in [1.807, 2.05) is 0 Å². The number of nitrogens with one attached hydrogen (secondary N) is 1. The second-order valence-corrected chi connectivity index (χ2v) is 8.56. The van der Waals surface area contributed by atoms with E-state index in [1.54, 1.807) is 0 Å². The lowest BCUT2D eigenvalue weighted by Gasteiger charge is -2.30. The van der Waals surface area contributed by atoms with Gasteiger partial charge in [0.25, 0.3) is 0 Å². The van der Waals surface area contributed by atoms with E-state index in [1.165, 1.54) is 38.9 Å². The van der Waals surface area contributed by atoms with E-state index in [0.29, 0.717) is 17.5 Å². The minimum absolute atomic E-state index is 0.370. The van der Waals surface area contributed by atoms with Crippen LogP contribution in [0.4, 0.5) is 0 Å². The number of sulfone groups is 1. The van der Waals surface area contributed by atoms with Crippen LogP contribution in [0.25, 0.3) is 0 Å². The first kappa shape index (κ1) is 15.3. The van der Waals surface area contributed by atoms with Crippen LogP contribution in [-0.4, -0.2) is 57.0 Å². The molecule has 2 aliphatic rings. The smallest absolute Gasteiger partial charge is 0.150 e. The highest BCUT2D eigenvalue weighted by Crippen LogP contribution is 2.16. The lowest BCUT2D eigenvalue weighted by atomic mass is 9.99. The van der Waals surface area contributed by atoms with E-state index >= 15 is 0 Å². The molecule has 0 aromatic rings. The molecule has 2 heterocycles. The monoisotopic (exact) mass is 288 g/mol. The average Bonchev–Trinajstić information content (AvgIpc) is 2.38. The Labute approximate surface area is 117 Å². The van der Waals surface area contributed by atoms with Crippen molar-refractivity contribution in [3.63, 3.8) is 0 Å². The third-order valence-electron chi connectivity index (χ3n) is 4.52. The highest BCUT2D eigenvalue weighted by atomic mass is 32.2. The lowest BCUT2D eigenvalue weighted by Crippen LogP contribution is -2.39.